The molecule has 0 aliphatic rings. The van der Waals surface area contributed by atoms with Crippen molar-refractivity contribution in [2.45, 2.75) is 13.0 Å². The van der Waals surface area contributed by atoms with Crippen molar-refractivity contribution in [2.24, 2.45) is 11.7 Å². The van der Waals surface area contributed by atoms with Crippen molar-refractivity contribution >= 4 is 17.7 Å². The molecule has 2 atom stereocenters. The van der Waals surface area contributed by atoms with Crippen LogP contribution in [0.25, 0.3) is 0 Å². The van der Waals surface area contributed by atoms with E-state index in [1.54, 1.807) is 11.8 Å². The highest BCUT2D eigenvalue weighted by Crippen LogP contribution is 2.18. The molecule has 17 heavy (non-hydrogen) atoms. The van der Waals surface area contributed by atoms with E-state index in [1.807, 2.05) is 43.5 Å². The highest BCUT2D eigenvalue weighted by molar-refractivity contribution is 7.98. The number of rotatable bonds is 6. The fourth-order valence-corrected chi connectivity index (χ4v) is 1.87. The van der Waals surface area contributed by atoms with Gasteiger partial charge in [-0.3, -0.25) is 4.79 Å². The second-order valence-electron chi connectivity index (χ2n) is 4.01. The Balaban J connectivity index is 2.51. The molecule has 0 heterocycles. The van der Waals surface area contributed by atoms with E-state index in [-0.39, 0.29) is 17.9 Å². The summed E-state index contributed by atoms with van der Waals surface area (Å²) in [5, 5.41) is 2.89. The van der Waals surface area contributed by atoms with Gasteiger partial charge in [0, 0.05) is 18.3 Å². The summed E-state index contributed by atoms with van der Waals surface area (Å²) in [5.41, 5.74) is 7.08. The van der Waals surface area contributed by atoms with Crippen molar-refractivity contribution in [1.82, 2.24) is 5.32 Å². The van der Waals surface area contributed by atoms with Crippen LogP contribution in [-0.4, -0.2) is 24.5 Å². The van der Waals surface area contributed by atoms with Crippen LogP contribution in [0.15, 0.2) is 30.3 Å². The Morgan fingerprint density at radius 3 is 2.65 bits per heavy atom. The van der Waals surface area contributed by atoms with Crippen LogP contribution in [0.4, 0.5) is 0 Å². The Morgan fingerprint density at radius 2 is 2.06 bits per heavy atom. The number of nitrogens with one attached hydrogen (secondary N) is 1. The van der Waals surface area contributed by atoms with Gasteiger partial charge in [0.05, 0.1) is 5.92 Å². The number of carbonyl (C=O) groups excluding carboxylic acids is 1. The van der Waals surface area contributed by atoms with Crippen LogP contribution >= 0.6 is 11.8 Å². The highest BCUT2D eigenvalue weighted by Gasteiger charge is 2.21. The molecule has 0 spiro atoms. The van der Waals surface area contributed by atoms with Gasteiger partial charge in [-0.1, -0.05) is 37.3 Å². The molecule has 0 aliphatic heterocycles. The lowest BCUT2D eigenvalue weighted by molar-refractivity contribution is -0.125. The summed E-state index contributed by atoms with van der Waals surface area (Å²) in [7, 11) is 0. The summed E-state index contributed by atoms with van der Waals surface area (Å²) in [6, 6.07) is 9.48. The third kappa shape index (κ3) is 4.40. The topological polar surface area (TPSA) is 55.1 Å². The average molecular weight is 252 g/mol. The van der Waals surface area contributed by atoms with Crippen molar-refractivity contribution in [3.63, 3.8) is 0 Å². The third-order valence-electron chi connectivity index (χ3n) is 2.74. The van der Waals surface area contributed by atoms with E-state index in [0.29, 0.717) is 6.54 Å². The summed E-state index contributed by atoms with van der Waals surface area (Å²) in [6.07, 6.45) is 2.02. The van der Waals surface area contributed by atoms with Crippen LogP contribution in [0.1, 0.15) is 18.5 Å². The van der Waals surface area contributed by atoms with Crippen LogP contribution in [-0.2, 0) is 4.79 Å². The molecule has 3 N–H and O–H groups in total. The zero-order valence-electron chi connectivity index (χ0n) is 10.3. The van der Waals surface area contributed by atoms with Crippen molar-refractivity contribution in [3.05, 3.63) is 35.9 Å². The van der Waals surface area contributed by atoms with E-state index < -0.39 is 0 Å². The molecule has 0 aliphatic carbocycles. The molecular formula is C13H20N2OS. The van der Waals surface area contributed by atoms with Gasteiger partial charge in [0.15, 0.2) is 0 Å². The molecule has 0 bridgehead atoms. The Hall–Kier alpha value is -1.00. The standard InChI is InChI=1S/C13H20N2OS/c1-10(13(16)15-8-9-17-2)12(14)11-6-4-3-5-7-11/h3-7,10,12H,8-9,14H2,1-2H3,(H,15,16). The van der Waals surface area contributed by atoms with E-state index in [1.165, 1.54) is 0 Å². The maximum Gasteiger partial charge on any atom is 0.224 e. The Labute approximate surface area is 107 Å². The van der Waals surface area contributed by atoms with Crippen molar-refractivity contribution < 1.29 is 4.79 Å². The Bertz CT molecular complexity index is 343. The van der Waals surface area contributed by atoms with Crippen LogP contribution in [0.2, 0.25) is 0 Å². The lowest BCUT2D eigenvalue weighted by Crippen LogP contribution is -2.36. The first-order valence-corrected chi connectivity index (χ1v) is 7.13. The largest absolute Gasteiger partial charge is 0.355 e. The van der Waals surface area contributed by atoms with E-state index in [0.717, 1.165) is 11.3 Å². The predicted octanol–water partition coefficient (Wildman–Crippen LogP) is 1.80. The lowest BCUT2D eigenvalue weighted by Gasteiger charge is -2.19. The lowest BCUT2D eigenvalue weighted by atomic mass is 9.95. The first-order chi connectivity index (χ1) is 8.16. The van der Waals surface area contributed by atoms with Gasteiger partial charge in [-0.05, 0) is 11.8 Å². The number of carbonyl (C=O) groups is 1. The first-order valence-electron chi connectivity index (χ1n) is 5.74. The SMILES string of the molecule is CSCCNC(=O)C(C)C(N)c1ccccc1. The Morgan fingerprint density at radius 1 is 1.41 bits per heavy atom. The average Bonchev–Trinajstić information content (AvgIpc) is 2.38. The Kier molecular flexibility index (Phi) is 6.08. The van der Waals surface area contributed by atoms with Crippen LogP contribution < -0.4 is 11.1 Å². The number of hydrogen-bond donors (Lipinski definition) is 2. The molecule has 94 valence electrons. The second kappa shape index (κ2) is 7.35. The van der Waals surface area contributed by atoms with E-state index >= 15 is 0 Å². The molecule has 1 rings (SSSR count). The zero-order valence-corrected chi connectivity index (χ0v) is 11.2. The maximum atomic E-state index is 11.8. The highest BCUT2D eigenvalue weighted by atomic mass is 32.2. The minimum Gasteiger partial charge on any atom is -0.355 e. The minimum atomic E-state index is -0.245. The summed E-state index contributed by atoms with van der Waals surface area (Å²) in [6.45, 7) is 2.57. The maximum absolute atomic E-state index is 11.8. The van der Waals surface area contributed by atoms with E-state index in [2.05, 4.69) is 5.32 Å². The molecule has 0 fully saturated rings. The number of benzene rings is 1. The van der Waals surface area contributed by atoms with Crippen LogP contribution in [0.5, 0.6) is 0 Å². The van der Waals surface area contributed by atoms with Gasteiger partial charge in [-0.2, -0.15) is 11.8 Å². The van der Waals surface area contributed by atoms with Gasteiger partial charge < -0.3 is 11.1 Å². The van der Waals surface area contributed by atoms with Gasteiger partial charge in [-0.15, -0.1) is 0 Å². The molecule has 1 aromatic carbocycles. The molecule has 0 aromatic heterocycles. The van der Waals surface area contributed by atoms with Gasteiger partial charge >= 0.3 is 0 Å². The van der Waals surface area contributed by atoms with Gasteiger partial charge in [-0.25, -0.2) is 0 Å². The van der Waals surface area contributed by atoms with Gasteiger partial charge in [0.2, 0.25) is 5.91 Å². The van der Waals surface area contributed by atoms with Crippen molar-refractivity contribution in [2.75, 3.05) is 18.6 Å². The van der Waals surface area contributed by atoms with Crippen LogP contribution in [0, 0.1) is 5.92 Å². The van der Waals surface area contributed by atoms with Gasteiger partial charge in [0.1, 0.15) is 0 Å². The minimum absolute atomic E-state index is 0.0235. The summed E-state index contributed by atoms with van der Waals surface area (Å²) in [5.74, 6) is 0.744. The third-order valence-corrected chi connectivity index (χ3v) is 3.35. The van der Waals surface area contributed by atoms with E-state index in [4.69, 9.17) is 5.73 Å². The normalized spacial score (nSPS) is 14.1. The molecule has 3 nitrogen and oxygen atoms in total. The predicted molar refractivity (Wildman–Crippen MR) is 73.9 cm³/mol. The van der Waals surface area contributed by atoms with Crippen molar-refractivity contribution in [1.29, 1.82) is 0 Å². The molecule has 2 unspecified atom stereocenters. The molecule has 0 saturated heterocycles. The number of amides is 1. The fraction of sp³-hybridized carbons (Fsp3) is 0.462. The zero-order chi connectivity index (χ0) is 12.7. The molecule has 0 saturated carbocycles. The quantitative estimate of drug-likeness (QED) is 0.759. The smallest absolute Gasteiger partial charge is 0.224 e. The van der Waals surface area contributed by atoms with E-state index in [9.17, 15) is 4.79 Å². The molecule has 1 aromatic rings. The molecular weight excluding hydrogens is 232 g/mol. The molecule has 0 radical (unpaired) electrons. The van der Waals surface area contributed by atoms with Crippen LogP contribution in [0.3, 0.4) is 0 Å². The summed E-state index contributed by atoms with van der Waals surface area (Å²) in [4.78, 5) is 11.8. The monoisotopic (exact) mass is 252 g/mol. The van der Waals surface area contributed by atoms with Crippen molar-refractivity contribution in [3.8, 4) is 0 Å². The summed E-state index contributed by atoms with van der Waals surface area (Å²) >= 11 is 1.71. The van der Waals surface area contributed by atoms with Gasteiger partial charge in [0.25, 0.3) is 0 Å². The number of hydrogen-bond acceptors (Lipinski definition) is 3. The molecule has 1 amide bonds. The number of thioether (sulfide) groups is 1. The second-order valence-corrected chi connectivity index (χ2v) is 4.99. The molecule has 4 heteroatoms. The summed E-state index contributed by atoms with van der Waals surface area (Å²) < 4.78 is 0. The first kappa shape index (κ1) is 14.1. The number of nitrogens with two attached hydrogens (primary N) is 1. The fourth-order valence-electron chi connectivity index (χ4n) is 1.56.